The van der Waals surface area contributed by atoms with Gasteiger partial charge >= 0.3 is 0 Å². The molecule has 5 nitrogen and oxygen atoms in total. The number of carbonyl (C=O) groups excluding carboxylic acids is 2. The second kappa shape index (κ2) is 7.33. The van der Waals surface area contributed by atoms with E-state index in [1.165, 1.54) is 23.1 Å². The molecule has 7 heteroatoms. The smallest absolute Gasteiger partial charge is 0.251 e. The van der Waals surface area contributed by atoms with Gasteiger partial charge in [0.15, 0.2) is 0 Å². The van der Waals surface area contributed by atoms with Gasteiger partial charge in [0, 0.05) is 19.2 Å². The van der Waals surface area contributed by atoms with E-state index in [4.69, 9.17) is 28.3 Å². The largest absolute Gasteiger partial charge is 0.395 e. The van der Waals surface area contributed by atoms with Crippen molar-refractivity contribution in [1.82, 2.24) is 10.2 Å². The van der Waals surface area contributed by atoms with Gasteiger partial charge in [-0.1, -0.05) is 23.2 Å². The Bertz CT molecular complexity index is 480. The summed E-state index contributed by atoms with van der Waals surface area (Å²) in [4.78, 5) is 24.6. The molecule has 0 aromatic heterocycles. The average Bonchev–Trinajstić information content (AvgIpc) is 2.39. The summed E-state index contributed by atoms with van der Waals surface area (Å²) >= 11 is 11.5. The van der Waals surface area contributed by atoms with E-state index in [9.17, 15) is 9.59 Å². The number of aliphatic hydroxyl groups excluding tert-OH is 1. The molecule has 0 bridgehead atoms. The van der Waals surface area contributed by atoms with Crippen molar-refractivity contribution in [3.05, 3.63) is 33.8 Å². The number of nitrogens with zero attached hydrogens (tertiary/aromatic N) is 1. The van der Waals surface area contributed by atoms with Crippen molar-refractivity contribution >= 4 is 35.0 Å². The zero-order valence-corrected chi connectivity index (χ0v) is 11.8. The summed E-state index contributed by atoms with van der Waals surface area (Å²) in [7, 11) is 1.55. The molecule has 0 aliphatic rings. The first-order chi connectivity index (χ1) is 8.95. The zero-order chi connectivity index (χ0) is 14.4. The zero-order valence-electron chi connectivity index (χ0n) is 10.3. The van der Waals surface area contributed by atoms with E-state index in [1.807, 2.05) is 0 Å². The Hall–Kier alpha value is -1.30. The standard InChI is InChI=1S/C12H14Cl2N2O3/c1-16(4-5-17)11(18)7-15-12(19)8-2-3-9(13)10(14)6-8/h2-3,6,17H,4-5,7H2,1H3,(H,15,19). The van der Waals surface area contributed by atoms with Crippen LogP contribution in [-0.4, -0.2) is 48.6 Å². The van der Waals surface area contributed by atoms with Crippen molar-refractivity contribution in [3.63, 3.8) is 0 Å². The molecule has 0 saturated carbocycles. The molecule has 0 radical (unpaired) electrons. The number of rotatable bonds is 5. The molecular weight excluding hydrogens is 291 g/mol. The fourth-order valence-electron chi connectivity index (χ4n) is 1.30. The van der Waals surface area contributed by atoms with Gasteiger partial charge in [-0.25, -0.2) is 0 Å². The van der Waals surface area contributed by atoms with Gasteiger partial charge in [0.1, 0.15) is 0 Å². The minimum atomic E-state index is -0.413. The maximum absolute atomic E-state index is 11.8. The Balaban J connectivity index is 2.56. The number of benzene rings is 1. The quantitative estimate of drug-likeness (QED) is 0.858. The van der Waals surface area contributed by atoms with Crippen molar-refractivity contribution in [1.29, 1.82) is 0 Å². The monoisotopic (exact) mass is 304 g/mol. The van der Waals surface area contributed by atoms with Gasteiger partial charge in [0.05, 0.1) is 23.2 Å². The van der Waals surface area contributed by atoms with Gasteiger partial charge in [0.2, 0.25) is 5.91 Å². The molecule has 2 amide bonds. The first-order valence-corrected chi connectivity index (χ1v) is 6.29. The van der Waals surface area contributed by atoms with Crippen molar-refractivity contribution in [3.8, 4) is 0 Å². The second-order valence-electron chi connectivity index (χ2n) is 3.85. The number of hydrogen-bond donors (Lipinski definition) is 2. The van der Waals surface area contributed by atoms with Crippen LogP contribution in [0, 0.1) is 0 Å². The van der Waals surface area contributed by atoms with Crippen molar-refractivity contribution in [2.45, 2.75) is 0 Å². The molecule has 104 valence electrons. The van der Waals surface area contributed by atoms with Crippen LogP contribution in [0.1, 0.15) is 10.4 Å². The van der Waals surface area contributed by atoms with E-state index >= 15 is 0 Å². The van der Waals surface area contributed by atoms with E-state index < -0.39 is 5.91 Å². The van der Waals surface area contributed by atoms with Crippen LogP contribution in [0.25, 0.3) is 0 Å². The van der Waals surface area contributed by atoms with E-state index in [1.54, 1.807) is 7.05 Å². The SMILES string of the molecule is CN(CCO)C(=O)CNC(=O)c1ccc(Cl)c(Cl)c1. The predicted octanol–water partition coefficient (Wildman–Crippen LogP) is 1.17. The number of likely N-dealkylation sites (N-methyl/N-ethyl adjacent to an activating group) is 1. The van der Waals surface area contributed by atoms with Crippen LogP contribution >= 0.6 is 23.2 Å². The highest BCUT2D eigenvalue weighted by Crippen LogP contribution is 2.22. The van der Waals surface area contributed by atoms with Gasteiger partial charge in [-0.2, -0.15) is 0 Å². The lowest BCUT2D eigenvalue weighted by Gasteiger charge is -2.15. The molecule has 0 fully saturated rings. The normalized spacial score (nSPS) is 10.1. The van der Waals surface area contributed by atoms with E-state index in [0.717, 1.165) is 0 Å². The summed E-state index contributed by atoms with van der Waals surface area (Å²) in [6.45, 7) is -0.0416. The Labute approximate surface area is 121 Å². The predicted molar refractivity (Wildman–Crippen MR) is 73.5 cm³/mol. The van der Waals surface area contributed by atoms with Gasteiger partial charge < -0.3 is 15.3 Å². The third-order valence-electron chi connectivity index (χ3n) is 2.44. The van der Waals surface area contributed by atoms with Crippen LogP contribution in [-0.2, 0) is 4.79 Å². The Kier molecular flexibility index (Phi) is 6.08. The van der Waals surface area contributed by atoms with Gasteiger partial charge in [-0.3, -0.25) is 9.59 Å². The van der Waals surface area contributed by atoms with Crippen molar-refractivity contribution in [2.24, 2.45) is 0 Å². The number of carbonyl (C=O) groups is 2. The summed E-state index contributed by atoms with van der Waals surface area (Å²) in [5.74, 6) is -0.702. The Morgan fingerprint density at radius 1 is 1.32 bits per heavy atom. The maximum Gasteiger partial charge on any atom is 0.251 e. The summed E-state index contributed by atoms with van der Waals surface area (Å²) in [6, 6.07) is 4.46. The highest BCUT2D eigenvalue weighted by atomic mass is 35.5. The molecule has 0 aliphatic heterocycles. The summed E-state index contributed by atoms with van der Waals surface area (Å²) in [5, 5.41) is 11.8. The van der Waals surface area contributed by atoms with Crippen LogP contribution in [0.2, 0.25) is 10.0 Å². The number of nitrogens with one attached hydrogen (secondary N) is 1. The third-order valence-corrected chi connectivity index (χ3v) is 3.18. The van der Waals surface area contributed by atoms with Crippen LogP contribution < -0.4 is 5.32 Å². The molecule has 0 atom stereocenters. The van der Waals surface area contributed by atoms with Crippen molar-refractivity contribution in [2.75, 3.05) is 26.7 Å². The van der Waals surface area contributed by atoms with E-state index in [0.29, 0.717) is 10.6 Å². The molecule has 0 heterocycles. The van der Waals surface area contributed by atoms with Crippen molar-refractivity contribution < 1.29 is 14.7 Å². The average molecular weight is 305 g/mol. The molecule has 1 aromatic rings. The fraction of sp³-hybridized carbons (Fsp3) is 0.333. The van der Waals surface area contributed by atoms with Gasteiger partial charge in [-0.15, -0.1) is 0 Å². The van der Waals surface area contributed by atoms with Gasteiger partial charge in [0.25, 0.3) is 5.91 Å². The number of halogens is 2. The summed E-state index contributed by atoms with van der Waals surface area (Å²) in [5.41, 5.74) is 0.326. The van der Waals surface area contributed by atoms with Crippen LogP contribution in [0.4, 0.5) is 0 Å². The fourth-order valence-corrected chi connectivity index (χ4v) is 1.60. The minimum Gasteiger partial charge on any atom is -0.395 e. The lowest BCUT2D eigenvalue weighted by Crippen LogP contribution is -2.39. The molecular formula is C12H14Cl2N2O3. The molecule has 0 aliphatic carbocycles. The summed E-state index contributed by atoms with van der Waals surface area (Å²) in [6.07, 6.45) is 0. The number of aliphatic hydroxyl groups is 1. The highest BCUT2D eigenvalue weighted by molar-refractivity contribution is 6.42. The topological polar surface area (TPSA) is 69.6 Å². The van der Waals surface area contributed by atoms with Crippen LogP contribution in [0.15, 0.2) is 18.2 Å². The Morgan fingerprint density at radius 3 is 2.58 bits per heavy atom. The van der Waals surface area contributed by atoms with E-state index in [2.05, 4.69) is 5.32 Å². The third kappa shape index (κ3) is 4.70. The van der Waals surface area contributed by atoms with Crippen LogP contribution in [0.3, 0.4) is 0 Å². The molecule has 1 rings (SSSR count). The second-order valence-corrected chi connectivity index (χ2v) is 4.66. The lowest BCUT2D eigenvalue weighted by molar-refractivity contribution is -0.129. The molecule has 2 N–H and O–H groups in total. The highest BCUT2D eigenvalue weighted by Gasteiger charge is 2.12. The molecule has 1 aromatic carbocycles. The number of amides is 2. The summed E-state index contributed by atoms with van der Waals surface area (Å²) < 4.78 is 0. The van der Waals surface area contributed by atoms with Gasteiger partial charge in [-0.05, 0) is 18.2 Å². The molecule has 19 heavy (non-hydrogen) atoms. The minimum absolute atomic E-state index is 0.122. The number of hydrogen-bond acceptors (Lipinski definition) is 3. The van der Waals surface area contributed by atoms with E-state index in [-0.39, 0.29) is 30.6 Å². The molecule has 0 unspecified atom stereocenters. The maximum atomic E-state index is 11.8. The van der Waals surface area contributed by atoms with Crippen LogP contribution in [0.5, 0.6) is 0 Å². The lowest BCUT2D eigenvalue weighted by atomic mass is 10.2. The Morgan fingerprint density at radius 2 is 2.00 bits per heavy atom. The first-order valence-electron chi connectivity index (χ1n) is 5.53. The molecule has 0 spiro atoms. The first kappa shape index (κ1) is 15.8. The molecule has 0 saturated heterocycles.